The van der Waals surface area contributed by atoms with Crippen LogP contribution >= 0.6 is 0 Å². The van der Waals surface area contributed by atoms with E-state index in [9.17, 15) is 19.8 Å². The number of aliphatic carboxylic acids is 1. The molecule has 0 bridgehead atoms. The number of hydrogen-bond donors (Lipinski definition) is 3. The summed E-state index contributed by atoms with van der Waals surface area (Å²) in [6.07, 6.45) is 8.51. The highest BCUT2D eigenvalue weighted by Crippen LogP contribution is 2.37. The van der Waals surface area contributed by atoms with Crippen LogP contribution in [0, 0.1) is 0 Å². The first-order chi connectivity index (χ1) is 15.2. The topological polar surface area (TPSA) is 125 Å². The average Bonchev–Trinajstić information content (AvgIpc) is 3.25. The molecular weight excluding hydrogens is 412 g/mol. The highest BCUT2D eigenvalue weighted by atomic mass is 16.4. The zero-order chi connectivity index (χ0) is 23.7. The molecule has 1 unspecified atom stereocenters. The first kappa shape index (κ1) is 24.4. The summed E-state index contributed by atoms with van der Waals surface area (Å²) in [5.41, 5.74) is 0.986. The fraction of sp³-hybridized carbons (Fsp3) is 0.240. The van der Waals surface area contributed by atoms with Gasteiger partial charge in [-0.2, -0.15) is 0 Å². The number of aliphatic hydroxyl groups is 1. The quantitative estimate of drug-likeness (QED) is 0.317. The van der Waals surface area contributed by atoms with E-state index in [-0.39, 0.29) is 23.6 Å². The van der Waals surface area contributed by atoms with E-state index >= 15 is 0 Å². The molecule has 168 valence electrons. The monoisotopic (exact) mass is 438 g/mol. The molecule has 1 heterocycles. The maximum Gasteiger partial charge on any atom is 0.339 e. The third-order valence-electron chi connectivity index (χ3n) is 5.05. The molecule has 1 atom stereocenters. The number of aliphatic hydroxyl groups excluding tert-OH is 1. The zero-order valence-electron chi connectivity index (χ0n) is 17.9. The predicted molar refractivity (Wildman–Crippen MR) is 120 cm³/mol. The van der Waals surface area contributed by atoms with E-state index in [0.717, 1.165) is 12.8 Å². The summed E-state index contributed by atoms with van der Waals surface area (Å²) in [5, 5.41) is 25.9. The lowest BCUT2D eigenvalue weighted by Gasteiger charge is -2.26. The SMILES string of the molecule is CCCc1ccc(C(=O)/C=C/c2ccc(C3(C)C=C(C(=O)O)C(O)=CC3)o2)cc1.O=CO. The largest absolute Gasteiger partial charge is 0.507 e. The van der Waals surface area contributed by atoms with Gasteiger partial charge in [-0.15, -0.1) is 0 Å². The van der Waals surface area contributed by atoms with Crippen molar-refractivity contribution in [2.24, 2.45) is 0 Å². The molecule has 1 aliphatic rings. The molecule has 1 aliphatic carbocycles. The van der Waals surface area contributed by atoms with Crippen LogP contribution in [0.4, 0.5) is 0 Å². The van der Waals surface area contributed by atoms with Gasteiger partial charge in [-0.3, -0.25) is 9.59 Å². The Labute approximate surface area is 186 Å². The van der Waals surface area contributed by atoms with Crippen molar-refractivity contribution < 1.29 is 34.1 Å². The van der Waals surface area contributed by atoms with Gasteiger partial charge in [0, 0.05) is 11.0 Å². The van der Waals surface area contributed by atoms with E-state index in [2.05, 4.69) is 6.92 Å². The number of aryl methyl sites for hydroxylation is 1. The van der Waals surface area contributed by atoms with Crippen molar-refractivity contribution >= 4 is 24.3 Å². The van der Waals surface area contributed by atoms with E-state index in [1.54, 1.807) is 18.2 Å². The van der Waals surface area contributed by atoms with Crippen LogP contribution in [0.5, 0.6) is 0 Å². The molecule has 7 nitrogen and oxygen atoms in total. The molecule has 0 fully saturated rings. The molecule has 0 saturated heterocycles. The highest BCUT2D eigenvalue weighted by molar-refractivity contribution is 6.06. The van der Waals surface area contributed by atoms with Crippen molar-refractivity contribution in [2.45, 2.75) is 38.5 Å². The van der Waals surface area contributed by atoms with Crippen LogP contribution in [0.1, 0.15) is 54.1 Å². The minimum absolute atomic E-state index is 0.115. The summed E-state index contributed by atoms with van der Waals surface area (Å²) < 4.78 is 5.84. The van der Waals surface area contributed by atoms with Crippen LogP contribution in [-0.4, -0.2) is 33.5 Å². The Kier molecular flexibility index (Phi) is 8.35. The Balaban J connectivity index is 0.00000114. The molecule has 3 rings (SSSR count). The third kappa shape index (κ3) is 6.07. The van der Waals surface area contributed by atoms with Crippen molar-refractivity contribution in [3.63, 3.8) is 0 Å². The van der Waals surface area contributed by atoms with Crippen molar-refractivity contribution in [1.29, 1.82) is 0 Å². The number of allylic oxidation sites excluding steroid dienone is 3. The number of carboxylic acid groups (broad SMARTS) is 2. The molecular formula is C25H26O7. The van der Waals surface area contributed by atoms with Crippen molar-refractivity contribution in [1.82, 2.24) is 0 Å². The maximum atomic E-state index is 12.4. The first-order valence-electron chi connectivity index (χ1n) is 10.1. The Morgan fingerprint density at radius 3 is 2.41 bits per heavy atom. The fourth-order valence-corrected chi connectivity index (χ4v) is 3.34. The molecule has 3 N–H and O–H groups in total. The minimum Gasteiger partial charge on any atom is -0.507 e. The molecule has 2 aromatic rings. The lowest BCUT2D eigenvalue weighted by Crippen LogP contribution is -2.23. The Morgan fingerprint density at radius 1 is 1.16 bits per heavy atom. The van der Waals surface area contributed by atoms with Crippen LogP contribution in [0.15, 0.2) is 70.4 Å². The second-order valence-corrected chi connectivity index (χ2v) is 7.53. The lowest BCUT2D eigenvalue weighted by atomic mass is 9.79. The maximum absolute atomic E-state index is 12.4. The first-order valence-corrected chi connectivity index (χ1v) is 10.1. The van der Waals surface area contributed by atoms with Gasteiger partial charge in [-0.1, -0.05) is 43.7 Å². The van der Waals surface area contributed by atoms with Crippen LogP contribution in [-0.2, 0) is 21.4 Å². The van der Waals surface area contributed by atoms with Gasteiger partial charge in [0.05, 0.1) is 5.57 Å². The van der Waals surface area contributed by atoms with Crippen LogP contribution in [0.3, 0.4) is 0 Å². The molecule has 1 aromatic heterocycles. The van der Waals surface area contributed by atoms with Crippen molar-refractivity contribution in [2.75, 3.05) is 0 Å². The number of furan rings is 1. The number of benzene rings is 1. The van der Waals surface area contributed by atoms with Gasteiger partial charge >= 0.3 is 5.97 Å². The van der Waals surface area contributed by atoms with E-state index in [0.29, 0.717) is 23.5 Å². The van der Waals surface area contributed by atoms with Gasteiger partial charge < -0.3 is 19.7 Å². The number of carboxylic acids is 1. The van der Waals surface area contributed by atoms with Gasteiger partial charge in [-0.05, 0) is 55.7 Å². The molecule has 0 spiro atoms. The van der Waals surface area contributed by atoms with Crippen molar-refractivity contribution in [3.05, 3.63) is 88.6 Å². The van der Waals surface area contributed by atoms with Gasteiger partial charge in [0.15, 0.2) is 5.78 Å². The van der Waals surface area contributed by atoms with Crippen LogP contribution in [0.2, 0.25) is 0 Å². The fourth-order valence-electron chi connectivity index (χ4n) is 3.34. The summed E-state index contributed by atoms with van der Waals surface area (Å²) in [6, 6.07) is 11.1. The second-order valence-electron chi connectivity index (χ2n) is 7.53. The Bertz CT molecular complexity index is 1050. The molecule has 32 heavy (non-hydrogen) atoms. The summed E-state index contributed by atoms with van der Waals surface area (Å²) in [6.45, 7) is 3.71. The second kappa shape index (κ2) is 10.9. The number of carbonyl (C=O) groups excluding carboxylic acids is 1. The molecule has 0 saturated carbocycles. The molecule has 0 aliphatic heterocycles. The molecule has 0 amide bonds. The van der Waals surface area contributed by atoms with Gasteiger partial charge in [0.2, 0.25) is 0 Å². The summed E-state index contributed by atoms with van der Waals surface area (Å²) in [4.78, 5) is 32.0. The van der Waals surface area contributed by atoms with Crippen LogP contribution < -0.4 is 0 Å². The zero-order valence-corrected chi connectivity index (χ0v) is 17.9. The summed E-state index contributed by atoms with van der Waals surface area (Å²) in [7, 11) is 0. The third-order valence-corrected chi connectivity index (χ3v) is 5.05. The van der Waals surface area contributed by atoms with Crippen molar-refractivity contribution in [3.8, 4) is 0 Å². The average molecular weight is 438 g/mol. The van der Waals surface area contributed by atoms with E-state index in [1.807, 2.05) is 31.2 Å². The number of carbonyl (C=O) groups is 3. The van der Waals surface area contributed by atoms with E-state index in [4.69, 9.17) is 14.3 Å². The number of hydrogen-bond acceptors (Lipinski definition) is 5. The summed E-state index contributed by atoms with van der Waals surface area (Å²) >= 11 is 0. The normalized spacial score (nSPS) is 17.7. The highest BCUT2D eigenvalue weighted by Gasteiger charge is 2.33. The van der Waals surface area contributed by atoms with E-state index < -0.39 is 11.4 Å². The van der Waals surface area contributed by atoms with Gasteiger partial charge in [-0.25, -0.2) is 4.79 Å². The molecule has 1 aromatic carbocycles. The predicted octanol–water partition coefficient (Wildman–Crippen LogP) is 4.94. The Morgan fingerprint density at radius 2 is 1.81 bits per heavy atom. The Hall–Kier alpha value is -3.87. The standard InChI is InChI=1S/C24H24O5.CH2O2/c1-3-4-16-5-7-17(8-6-16)20(25)11-9-18-10-12-22(29-18)24(2)14-13-21(26)19(15-24)23(27)28;2-1-3/h5-13,15,26H,3-4,14H2,1-2H3,(H,27,28);1H,(H,2,3)/b11-9+;. The van der Waals surface area contributed by atoms with Gasteiger partial charge in [0.25, 0.3) is 6.47 Å². The smallest absolute Gasteiger partial charge is 0.339 e. The lowest BCUT2D eigenvalue weighted by molar-refractivity contribution is -0.132. The molecule has 0 radical (unpaired) electrons. The minimum atomic E-state index is -1.19. The van der Waals surface area contributed by atoms with E-state index in [1.165, 1.54) is 23.8 Å². The molecule has 7 heteroatoms. The van der Waals surface area contributed by atoms with Crippen LogP contribution in [0.25, 0.3) is 6.08 Å². The van der Waals surface area contributed by atoms with Gasteiger partial charge in [0.1, 0.15) is 17.3 Å². The number of ketones is 1. The number of rotatable bonds is 7. The summed E-state index contributed by atoms with van der Waals surface area (Å²) in [5.74, 6) is -0.475.